The average molecular weight is 493 g/mol. The van der Waals surface area contributed by atoms with E-state index in [0.29, 0.717) is 17.1 Å². The van der Waals surface area contributed by atoms with Crippen molar-refractivity contribution in [2.24, 2.45) is 0 Å². The van der Waals surface area contributed by atoms with Gasteiger partial charge in [-0.05, 0) is 65.6 Å². The minimum absolute atomic E-state index is 0.0408. The third-order valence-corrected chi connectivity index (χ3v) is 5.75. The number of ether oxygens (including phenoxy) is 2. The van der Waals surface area contributed by atoms with Crippen molar-refractivity contribution in [3.8, 4) is 40.2 Å². The summed E-state index contributed by atoms with van der Waals surface area (Å²) in [7, 11) is 0. The zero-order valence-electron chi connectivity index (χ0n) is 19.4. The number of benzene rings is 3. The number of carbonyl (C=O) groups is 1. The van der Waals surface area contributed by atoms with Crippen LogP contribution in [0.15, 0.2) is 76.4 Å². The number of aromatic hydroxyl groups is 2. The van der Waals surface area contributed by atoms with Crippen LogP contribution in [0.25, 0.3) is 11.5 Å². The molecule has 0 amide bonds. The molecule has 0 fully saturated rings. The maximum atomic E-state index is 12.2. The van der Waals surface area contributed by atoms with E-state index in [0.717, 1.165) is 17.5 Å². The van der Waals surface area contributed by atoms with Crippen LogP contribution in [0.5, 0.6) is 28.7 Å². The molecule has 0 atom stereocenters. The third-order valence-electron chi connectivity index (χ3n) is 4.95. The van der Waals surface area contributed by atoms with Crippen LogP contribution in [0, 0.1) is 0 Å². The van der Waals surface area contributed by atoms with E-state index >= 15 is 0 Å². The van der Waals surface area contributed by atoms with E-state index < -0.39 is 5.97 Å². The quantitative estimate of drug-likeness (QED) is 0.140. The number of hydrogen-bond donors (Lipinski definition) is 2. The highest BCUT2D eigenvalue weighted by atomic mass is 32.2. The minimum Gasteiger partial charge on any atom is -0.504 e. The number of rotatable bonds is 7. The Kier molecular flexibility index (Phi) is 6.97. The highest BCUT2D eigenvalue weighted by molar-refractivity contribution is 7.99. The molecule has 0 aliphatic carbocycles. The van der Waals surface area contributed by atoms with Crippen molar-refractivity contribution < 1.29 is 28.9 Å². The highest BCUT2D eigenvalue weighted by Crippen LogP contribution is 2.31. The largest absolute Gasteiger partial charge is 0.504 e. The summed E-state index contributed by atoms with van der Waals surface area (Å²) in [4.78, 5) is 12.2. The second-order valence-electron chi connectivity index (χ2n) is 8.69. The van der Waals surface area contributed by atoms with Gasteiger partial charge in [0.05, 0.1) is 0 Å². The van der Waals surface area contributed by atoms with Crippen LogP contribution in [0.3, 0.4) is 0 Å². The van der Waals surface area contributed by atoms with Crippen molar-refractivity contribution >= 4 is 17.7 Å². The molecule has 4 aromatic rings. The van der Waals surface area contributed by atoms with Gasteiger partial charge in [0.2, 0.25) is 5.89 Å². The third kappa shape index (κ3) is 6.33. The number of hydrogen-bond acceptors (Lipinski definition) is 9. The first kappa shape index (κ1) is 24.2. The minimum atomic E-state index is -0.483. The molecule has 0 saturated heterocycles. The molecule has 0 spiro atoms. The Hall–Kier alpha value is -3.98. The Morgan fingerprint density at radius 1 is 0.886 bits per heavy atom. The lowest BCUT2D eigenvalue weighted by molar-refractivity contribution is -0.131. The maximum Gasteiger partial charge on any atom is 0.321 e. The van der Waals surface area contributed by atoms with Crippen LogP contribution >= 0.6 is 11.8 Å². The zero-order valence-corrected chi connectivity index (χ0v) is 20.2. The second kappa shape index (κ2) is 10.1. The smallest absolute Gasteiger partial charge is 0.321 e. The van der Waals surface area contributed by atoms with Crippen LogP contribution in [0.1, 0.15) is 26.3 Å². The SMILES string of the molecule is CC(C)(C)c1ccc(Oc2ccc(OC(=O)CSc3nnc(-c4ccc(O)c(O)c4)o3)cc2)cc1. The van der Waals surface area contributed by atoms with Crippen molar-refractivity contribution in [2.45, 2.75) is 31.4 Å². The summed E-state index contributed by atoms with van der Waals surface area (Å²) in [6, 6.07) is 18.9. The predicted molar refractivity (Wildman–Crippen MR) is 131 cm³/mol. The Bertz CT molecular complexity index is 1310. The number of nitrogens with zero attached hydrogens (tertiary/aromatic N) is 2. The summed E-state index contributed by atoms with van der Waals surface area (Å²) in [5, 5.41) is 26.9. The van der Waals surface area contributed by atoms with E-state index in [1.165, 1.54) is 23.8 Å². The van der Waals surface area contributed by atoms with E-state index in [1.54, 1.807) is 24.3 Å². The summed E-state index contributed by atoms with van der Waals surface area (Å²) in [5.74, 6) is 0.816. The van der Waals surface area contributed by atoms with Gasteiger partial charge in [-0.15, -0.1) is 10.2 Å². The van der Waals surface area contributed by atoms with E-state index in [9.17, 15) is 15.0 Å². The second-order valence-corrected chi connectivity index (χ2v) is 9.61. The number of carbonyl (C=O) groups excluding carboxylic acids is 1. The van der Waals surface area contributed by atoms with Gasteiger partial charge in [0.1, 0.15) is 23.0 Å². The first-order valence-electron chi connectivity index (χ1n) is 10.8. The molecule has 4 rings (SSSR count). The molecule has 1 aromatic heterocycles. The normalized spacial score (nSPS) is 11.3. The van der Waals surface area contributed by atoms with Crippen LogP contribution in [0.4, 0.5) is 0 Å². The lowest BCUT2D eigenvalue weighted by Gasteiger charge is -2.19. The average Bonchev–Trinajstić information content (AvgIpc) is 3.30. The van der Waals surface area contributed by atoms with Gasteiger partial charge in [0.15, 0.2) is 11.5 Å². The summed E-state index contributed by atoms with van der Waals surface area (Å²) in [6.45, 7) is 6.47. The molecular weight excluding hydrogens is 468 g/mol. The standard InChI is InChI=1S/C26H24N2O6S/c1-26(2,3)17-5-7-18(8-6-17)32-19-9-11-20(12-10-19)33-23(31)15-35-25-28-27-24(34-25)16-4-13-21(29)22(30)14-16/h4-14,29-30H,15H2,1-3H3. The first-order valence-corrected chi connectivity index (χ1v) is 11.7. The Morgan fingerprint density at radius 2 is 1.51 bits per heavy atom. The highest BCUT2D eigenvalue weighted by Gasteiger charge is 2.15. The molecule has 9 heteroatoms. The van der Waals surface area contributed by atoms with Gasteiger partial charge in [-0.1, -0.05) is 44.7 Å². The van der Waals surface area contributed by atoms with Gasteiger partial charge < -0.3 is 24.1 Å². The predicted octanol–water partition coefficient (Wildman–Crippen LogP) is 5.94. The van der Waals surface area contributed by atoms with Crippen LogP contribution in [-0.4, -0.2) is 32.1 Å². The summed E-state index contributed by atoms with van der Waals surface area (Å²) < 4.78 is 16.7. The first-order chi connectivity index (χ1) is 16.7. The van der Waals surface area contributed by atoms with Crippen LogP contribution in [-0.2, 0) is 10.2 Å². The summed E-state index contributed by atoms with van der Waals surface area (Å²) >= 11 is 1.03. The van der Waals surface area contributed by atoms with Crippen LogP contribution in [0.2, 0.25) is 0 Å². The van der Waals surface area contributed by atoms with Gasteiger partial charge in [0.25, 0.3) is 5.22 Å². The summed E-state index contributed by atoms with van der Waals surface area (Å²) in [5.41, 5.74) is 1.74. The zero-order chi connectivity index (χ0) is 25.0. The van der Waals surface area contributed by atoms with Crippen molar-refractivity contribution in [1.82, 2.24) is 10.2 Å². The molecule has 0 bridgehead atoms. The van der Waals surface area contributed by atoms with Gasteiger partial charge in [-0.3, -0.25) is 4.79 Å². The van der Waals surface area contributed by atoms with Gasteiger partial charge >= 0.3 is 5.97 Å². The fourth-order valence-electron chi connectivity index (χ4n) is 3.06. The van der Waals surface area contributed by atoms with Crippen molar-refractivity contribution in [2.75, 3.05) is 5.75 Å². The molecule has 8 nitrogen and oxygen atoms in total. The summed E-state index contributed by atoms with van der Waals surface area (Å²) in [6.07, 6.45) is 0. The molecule has 0 radical (unpaired) electrons. The lowest BCUT2D eigenvalue weighted by atomic mass is 9.87. The Morgan fingerprint density at radius 3 is 2.14 bits per heavy atom. The monoisotopic (exact) mass is 492 g/mol. The van der Waals surface area contributed by atoms with Crippen molar-refractivity contribution in [1.29, 1.82) is 0 Å². The molecule has 0 unspecified atom stereocenters. The number of phenolic OH excluding ortho intramolecular Hbond substituents is 2. The van der Waals surface area contributed by atoms with Crippen molar-refractivity contribution in [3.05, 3.63) is 72.3 Å². The number of aromatic nitrogens is 2. The Balaban J connectivity index is 1.28. The Labute approximate surface area is 206 Å². The maximum absolute atomic E-state index is 12.2. The molecule has 0 aliphatic rings. The van der Waals surface area contributed by atoms with E-state index in [4.69, 9.17) is 13.9 Å². The number of esters is 1. The fourth-order valence-corrected chi connectivity index (χ4v) is 3.59. The van der Waals surface area contributed by atoms with Crippen molar-refractivity contribution in [3.63, 3.8) is 0 Å². The van der Waals surface area contributed by atoms with Gasteiger partial charge in [-0.25, -0.2) is 0 Å². The molecule has 0 aliphatic heterocycles. The molecule has 3 aromatic carbocycles. The topological polar surface area (TPSA) is 115 Å². The molecule has 2 N–H and O–H groups in total. The molecular formula is C26H24N2O6S. The fraction of sp³-hybridized carbons (Fsp3) is 0.192. The van der Waals surface area contributed by atoms with E-state index in [-0.39, 0.29) is 33.8 Å². The number of phenols is 2. The molecule has 180 valence electrons. The number of thioether (sulfide) groups is 1. The van der Waals surface area contributed by atoms with Gasteiger partial charge in [0, 0.05) is 5.56 Å². The lowest BCUT2D eigenvalue weighted by Crippen LogP contribution is -2.10. The van der Waals surface area contributed by atoms with E-state index in [1.807, 2.05) is 24.3 Å². The molecule has 1 heterocycles. The van der Waals surface area contributed by atoms with Gasteiger partial charge in [-0.2, -0.15) is 0 Å². The molecule has 35 heavy (non-hydrogen) atoms. The van der Waals surface area contributed by atoms with Crippen LogP contribution < -0.4 is 9.47 Å². The van der Waals surface area contributed by atoms with E-state index in [2.05, 4.69) is 31.0 Å². The molecule has 0 saturated carbocycles.